The van der Waals surface area contributed by atoms with Gasteiger partial charge in [0.05, 0.1) is 17.8 Å². The third kappa shape index (κ3) is 13.4. The first-order chi connectivity index (χ1) is 30.4. The molecule has 2 aromatic heterocycles. The second-order valence-corrected chi connectivity index (χ2v) is 18.1. The molecule has 10 nitrogen and oxygen atoms in total. The summed E-state index contributed by atoms with van der Waals surface area (Å²) in [5.74, 6) is -2.75. The van der Waals surface area contributed by atoms with E-state index in [1.54, 1.807) is 13.8 Å². The molecule has 0 aliphatic rings. The van der Waals surface area contributed by atoms with E-state index in [9.17, 15) is 28.0 Å². The topological polar surface area (TPSA) is 142 Å². The zero-order chi connectivity index (χ0) is 46.7. The van der Waals surface area contributed by atoms with Gasteiger partial charge in [-0.3, -0.25) is 24.5 Å². The number of carbonyl (C=O) groups excluding carboxylic acids is 4. The molecule has 6 aromatic rings. The summed E-state index contributed by atoms with van der Waals surface area (Å²) in [6, 6.07) is 18.9. The minimum atomic E-state index is -0.788. The highest BCUT2D eigenvalue weighted by molar-refractivity contribution is 7.18. The van der Waals surface area contributed by atoms with Crippen LogP contribution in [0.5, 0.6) is 0 Å². The molecule has 4 amide bonds. The number of carbonyl (C=O) groups is 4. The summed E-state index contributed by atoms with van der Waals surface area (Å²) in [6.45, 7) is 17.5. The summed E-state index contributed by atoms with van der Waals surface area (Å²) >= 11 is 2.23. The van der Waals surface area contributed by atoms with Crippen LogP contribution in [0, 0.1) is 67.0 Å². The van der Waals surface area contributed by atoms with Crippen LogP contribution in [0.4, 0.5) is 30.4 Å². The standard InChI is InChI=1S/C28H35N3O2S.C22H21F2N3O2S/c1-6-7-8-9-10-11-22-12-14-23(15-13-22)26(32)31-28-29-21(5)25(34-28)27(33)30-24-19(3)16-18(2)17-20(24)4;1-11-7-12(2)19(13(3)8-11)27-21(29)20-14(4)25-22(30-20)26-18(28)9-15-5-6-16(23)10-17(15)24/h12-17H,6-11H2,1-5H3,(H,30,33)(H,29,31,32);5-8,10H,9H2,1-4H3,(H,27,29)(H,25,26,28). The van der Waals surface area contributed by atoms with Crippen molar-refractivity contribution in [1.82, 2.24) is 9.97 Å². The van der Waals surface area contributed by atoms with Gasteiger partial charge in [0.1, 0.15) is 21.4 Å². The number of aromatic nitrogens is 2. The maximum atomic E-state index is 13.7. The lowest BCUT2D eigenvalue weighted by atomic mass is 10.0. The van der Waals surface area contributed by atoms with Gasteiger partial charge in [-0.05, 0) is 120 Å². The minimum absolute atomic E-state index is 0.0745. The van der Waals surface area contributed by atoms with Crippen LogP contribution in [0.3, 0.4) is 0 Å². The zero-order valence-corrected chi connectivity index (χ0v) is 39.5. The smallest absolute Gasteiger partial charge is 0.267 e. The number of amides is 4. The molecule has 0 aliphatic carbocycles. The van der Waals surface area contributed by atoms with Crippen LogP contribution < -0.4 is 21.3 Å². The quantitative estimate of drug-likeness (QED) is 0.0756. The summed E-state index contributed by atoms with van der Waals surface area (Å²) in [4.78, 5) is 60.1. The number of anilines is 4. The predicted molar refractivity (Wildman–Crippen MR) is 256 cm³/mol. The molecule has 6 rings (SSSR count). The monoisotopic (exact) mass is 906 g/mol. The van der Waals surface area contributed by atoms with Crippen molar-refractivity contribution in [1.29, 1.82) is 0 Å². The predicted octanol–water partition coefficient (Wildman–Crippen LogP) is 12.5. The van der Waals surface area contributed by atoms with Gasteiger partial charge in [0.15, 0.2) is 10.3 Å². The third-order valence-electron chi connectivity index (χ3n) is 10.5. The molecule has 4 aromatic carbocycles. The fourth-order valence-corrected chi connectivity index (χ4v) is 9.08. The summed E-state index contributed by atoms with van der Waals surface area (Å²) < 4.78 is 26.7. The molecule has 0 bridgehead atoms. The maximum absolute atomic E-state index is 13.7. The zero-order valence-electron chi connectivity index (χ0n) is 37.9. The summed E-state index contributed by atoms with van der Waals surface area (Å²) in [5, 5.41) is 12.0. The Kier molecular flexibility index (Phi) is 17.2. The van der Waals surface area contributed by atoms with Crippen molar-refractivity contribution in [2.24, 2.45) is 0 Å². The maximum Gasteiger partial charge on any atom is 0.267 e. The van der Waals surface area contributed by atoms with Crippen molar-refractivity contribution in [2.75, 3.05) is 21.3 Å². The minimum Gasteiger partial charge on any atom is -0.321 e. The van der Waals surface area contributed by atoms with E-state index in [2.05, 4.69) is 38.2 Å². The van der Waals surface area contributed by atoms with Gasteiger partial charge >= 0.3 is 0 Å². The van der Waals surface area contributed by atoms with E-state index in [-0.39, 0.29) is 34.8 Å². The molecule has 64 heavy (non-hydrogen) atoms. The molecule has 0 aliphatic heterocycles. The van der Waals surface area contributed by atoms with Crippen LogP contribution in [0.1, 0.15) is 125 Å². The number of nitrogens with one attached hydrogen (secondary N) is 4. The number of aryl methyl sites for hydroxylation is 9. The van der Waals surface area contributed by atoms with E-state index in [0.29, 0.717) is 31.8 Å². The molecule has 0 spiro atoms. The van der Waals surface area contributed by atoms with Gasteiger partial charge in [-0.15, -0.1) is 0 Å². The lowest BCUT2D eigenvalue weighted by Gasteiger charge is -2.12. The Morgan fingerprint density at radius 1 is 0.562 bits per heavy atom. The van der Waals surface area contributed by atoms with Crippen LogP contribution in [-0.2, 0) is 17.6 Å². The van der Waals surface area contributed by atoms with Crippen LogP contribution >= 0.6 is 22.7 Å². The average molecular weight is 907 g/mol. The number of benzene rings is 4. The van der Waals surface area contributed by atoms with E-state index in [1.165, 1.54) is 55.1 Å². The largest absolute Gasteiger partial charge is 0.321 e. The van der Waals surface area contributed by atoms with E-state index in [0.717, 1.165) is 74.6 Å². The van der Waals surface area contributed by atoms with E-state index < -0.39 is 17.5 Å². The second-order valence-electron chi connectivity index (χ2n) is 16.1. The lowest BCUT2D eigenvalue weighted by Crippen LogP contribution is -2.15. The van der Waals surface area contributed by atoms with Crippen molar-refractivity contribution in [3.63, 3.8) is 0 Å². The number of hydrogen-bond acceptors (Lipinski definition) is 8. The Balaban J connectivity index is 0.000000243. The molecule has 4 N–H and O–H groups in total. The SMILES string of the molecule is CCCCCCCc1ccc(C(=O)Nc2nc(C)c(C(=O)Nc3c(C)cc(C)cc3C)s2)cc1.Cc1cc(C)c(NC(=O)c2sc(NC(=O)Cc3ccc(F)cc3F)nc2C)c(C)c1. The normalized spacial score (nSPS) is 10.8. The number of halogens is 2. The van der Waals surface area contributed by atoms with E-state index in [4.69, 9.17) is 0 Å². The fraction of sp³-hybridized carbons (Fsp3) is 0.320. The Morgan fingerprint density at radius 3 is 1.53 bits per heavy atom. The van der Waals surface area contributed by atoms with Crippen LogP contribution in [0.15, 0.2) is 66.7 Å². The first-order valence-corrected chi connectivity index (χ1v) is 22.9. The van der Waals surface area contributed by atoms with Gasteiger partial charge in [-0.1, -0.05) is 109 Å². The van der Waals surface area contributed by atoms with Crippen LogP contribution in [-0.4, -0.2) is 33.6 Å². The van der Waals surface area contributed by atoms with E-state index in [1.807, 2.05) is 90.1 Å². The van der Waals surface area contributed by atoms with Gasteiger partial charge in [-0.25, -0.2) is 18.7 Å². The summed E-state index contributed by atoms with van der Waals surface area (Å²) in [6.07, 6.45) is 7.03. The third-order valence-corrected chi connectivity index (χ3v) is 12.6. The van der Waals surface area contributed by atoms with Crippen molar-refractivity contribution >= 4 is 67.9 Å². The molecular weight excluding hydrogens is 851 g/mol. The van der Waals surface area contributed by atoms with Gasteiger partial charge in [0, 0.05) is 23.0 Å². The Morgan fingerprint density at radius 2 is 1.05 bits per heavy atom. The lowest BCUT2D eigenvalue weighted by molar-refractivity contribution is -0.115. The van der Waals surface area contributed by atoms with Crippen molar-refractivity contribution < 1.29 is 28.0 Å². The summed E-state index contributed by atoms with van der Waals surface area (Å²) in [7, 11) is 0. The number of unbranched alkanes of at least 4 members (excludes halogenated alkanes) is 4. The molecular formula is C50H56F2N6O4S2. The first kappa shape index (κ1) is 48.9. The number of hydrogen-bond donors (Lipinski definition) is 4. The number of thiazole rings is 2. The Labute approximate surface area is 382 Å². The van der Waals surface area contributed by atoms with Gasteiger partial charge in [0.25, 0.3) is 17.7 Å². The second kappa shape index (κ2) is 22.5. The number of nitrogens with zero attached hydrogens (tertiary/aromatic N) is 2. The van der Waals surface area contributed by atoms with Crippen molar-refractivity contribution in [3.05, 3.63) is 150 Å². The van der Waals surface area contributed by atoms with Crippen molar-refractivity contribution in [2.45, 2.75) is 107 Å². The molecule has 0 fully saturated rings. The highest BCUT2D eigenvalue weighted by Gasteiger charge is 2.21. The van der Waals surface area contributed by atoms with Crippen molar-refractivity contribution in [3.8, 4) is 0 Å². The molecule has 0 saturated carbocycles. The molecule has 0 unspecified atom stereocenters. The number of rotatable bonds is 15. The molecule has 0 radical (unpaired) electrons. The Bertz CT molecular complexity index is 2610. The molecule has 336 valence electrons. The fourth-order valence-electron chi connectivity index (χ4n) is 7.34. The van der Waals surface area contributed by atoms with Crippen LogP contribution in [0.25, 0.3) is 0 Å². The highest BCUT2D eigenvalue weighted by atomic mass is 32.1. The van der Waals surface area contributed by atoms with Crippen LogP contribution in [0.2, 0.25) is 0 Å². The molecule has 0 saturated heterocycles. The summed E-state index contributed by atoms with van der Waals surface area (Å²) in [5.41, 5.74) is 10.8. The first-order valence-electron chi connectivity index (χ1n) is 21.3. The average Bonchev–Trinajstić information content (AvgIpc) is 3.79. The van der Waals surface area contributed by atoms with Gasteiger partial charge < -0.3 is 16.0 Å². The van der Waals surface area contributed by atoms with Gasteiger partial charge in [-0.2, -0.15) is 0 Å². The Hall–Kier alpha value is -6.12. The molecule has 14 heteroatoms. The molecule has 0 atom stereocenters. The highest BCUT2D eigenvalue weighted by Crippen LogP contribution is 2.29. The van der Waals surface area contributed by atoms with E-state index >= 15 is 0 Å². The molecule has 2 heterocycles. The van der Waals surface area contributed by atoms with Gasteiger partial charge in [0.2, 0.25) is 5.91 Å².